The van der Waals surface area contributed by atoms with Crippen molar-refractivity contribution in [2.75, 3.05) is 0 Å². The van der Waals surface area contributed by atoms with Crippen LogP contribution in [0.3, 0.4) is 0 Å². The standard InChI is InChI=1S/C11H12ClN3/c1-8(2)9-5-3-4-6-10(9)15-7-13-14-11(15)12/h3-8H,1-2H3. The molecule has 0 saturated carbocycles. The van der Waals surface area contributed by atoms with E-state index < -0.39 is 0 Å². The summed E-state index contributed by atoms with van der Waals surface area (Å²) in [5.41, 5.74) is 2.28. The van der Waals surface area contributed by atoms with Crippen LogP contribution in [0.4, 0.5) is 0 Å². The van der Waals surface area contributed by atoms with Gasteiger partial charge in [-0.1, -0.05) is 32.0 Å². The van der Waals surface area contributed by atoms with Crippen molar-refractivity contribution in [3.05, 3.63) is 41.4 Å². The minimum absolute atomic E-state index is 0.392. The Morgan fingerprint density at radius 1 is 1.27 bits per heavy atom. The zero-order chi connectivity index (χ0) is 10.8. The predicted octanol–water partition coefficient (Wildman–Crippen LogP) is 3.04. The summed E-state index contributed by atoms with van der Waals surface area (Å²) in [5.74, 6) is 0.444. The number of aromatic nitrogens is 3. The third-order valence-electron chi connectivity index (χ3n) is 2.32. The van der Waals surface area contributed by atoms with Gasteiger partial charge in [-0.15, -0.1) is 10.2 Å². The van der Waals surface area contributed by atoms with Gasteiger partial charge in [-0.25, -0.2) is 0 Å². The quantitative estimate of drug-likeness (QED) is 0.781. The SMILES string of the molecule is CC(C)c1ccccc1-n1cnnc1Cl. The lowest BCUT2D eigenvalue weighted by Gasteiger charge is -2.12. The van der Waals surface area contributed by atoms with Gasteiger partial charge in [-0.3, -0.25) is 4.57 Å². The van der Waals surface area contributed by atoms with Crippen LogP contribution in [0, 0.1) is 0 Å². The van der Waals surface area contributed by atoms with Gasteiger partial charge in [0.1, 0.15) is 6.33 Å². The van der Waals surface area contributed by atoms with Gasteiger partial charge < -0.3 is 0 Å². The molecule has 0 amide bonds. The molecule has 78 valence electrons. The fourth-order valence-corrected chi connectivity index (χ4v) is 1.76. The molecule has 0 spiro atoms. The molecule has 2 rings (SSSR count). The van der Waals surface area contributed by atoms with Crippen molar-refractivity contribution < 1.29 is 0 Å². The molecular formula is C11H12ClN3. The van der Waals surface area contributed by atoms with Gasteiger partial charge in [0, 0.05) is 0 Å². The summed E-state index contributed by atoms with van der Waals surface area (Å²) < 4.78 is 1.79. The zero-order valence-electron chi connectivity index (χ0n) is 8.68. The van der Waals surface area contributed by atoms with Gasteiger partial charge in [-0.05, 0) is 29.1 Å². The second kappa shape index (κ2) is 4.03. The first-order valence-electron chi connectivity index (χ1n) is 4.85. The molecule has 1 heterocycles. The second-order valence-electron chi connectivity index (χ2n) is 3.68. The summed E-state index contributed by atoms with van der Waals surface area (Å²) in [4.78, 5) is 0. The second-order valence-corrected chi connectivity index (χ2v) is 4.02. The summed E-state index contributed by atoms with van der Waals surface area (Å²) in [6, 6.07) is 8.12. The van der Waals surface area contributed by atoms with Crippen LogP contribution in [0.5, 0.6) is 0 Å². The first kappa shape index (κ1) is 10.2. The Labute approximate surface area is 93.7 Å². The molecule has 4 heteroatoms. The summed E-state index contributed by atoms with van der Waals surface area (Å²) >= 11 is 5.94. The van der Waals surface area contributed by atoms with Gasteiger partial charge in [-0.2, -0.15) is 0 Å². The van der Waals surface area contributed by atoms with Gasteiger partial charge in [0.15, 0.2) is 0 Å². The van der Waals surface area contributed by atoms with E-state index in [0.717, 1.165) is 5.69 Å². The van der Waals surface area contributed by atoms with Crippen LogP contribution in [0.25, 0.3) is 5.69 Å². The molecule has 3 nitrogen and oxygen atoms in total. The highest BCUT2D eigenvalue weighted by atomic mass is 35.5. The lowest BCUT2D eigenvalue weighted by molar-refractivity contribution is 0.846. The van der Waals surface area contributed by atoms with Crippen LogP contribution < -0.4 is 0 Å². The molecule has 0 atom stereocenters. The molecule has 0 radical (unpaired) electrons. The van der Waals surface area contributed by atoms with Crippen molar-refractivity contribution in [1.29, 1.82) is 0 Å². The minimum Gasteiger partial charge on any atom is -0.272 e. The van der Waals surface area contributed by atoms with E-state index in [1.165, 1.54) is 5.56 Å². The van der Waals surface area contributed by atoms with Crippen LogP contribution >= 0.6 is 11.6 Å². The highest BCUT2D eigenvalue weighted by Gasteiger charge is 2.10. The maximum atomic E-state index is 5.94. The predicted molar refractivity (Wildman–Crippen MR) is 60.5 cm³/mol. The Hall–Kier alpha value is -1.35. The van der Waals surface area contributed by atoms with Gasteiger partial charge >= 0.3 is 0 Å². The molecule has 0 aliphatic carbocycles. The number of hydrogen-bond acceptors (Lipinski definition) is 2. The normalized spacial score (nSPS) is 10.9. The third kappa shape index (κ3) is 1.88. The number of nitrogens with zero attached hydrogens (tertiary/aromatic N) is 3. The molecule has 2 aromatic rings. The van der Waals surface area contributed by atoms with Crippen molar-refractivity contribution in [2.24, 2.45) is 0 Å². The lowest BCUT2D eigenvalue weighted by Crippen LogP contribution is -1.99. The van der Waals surface area contributed by atoms with Crippen LogP contribution in [0.2, 0.25) is 5.28 Å². The van der Waals surface area contributed by atoms with E-state index in [1.807, 2.05) is 18.2 Å². The Bertz CT molecular complexity index is 462. The fourth-order valence-electron chi connectivity index (χ4n) is 1.58. The molecule has 0 fully saturated rings. The number of rotatable bonds is 2. The molecule has 0 aliphatic rings. The summed E-state index contributed by atoms with van der Waals surface area (Å²) in [7, 11) is 0. The first-order valence-corrected chi connectivity index (χ1v) is 5.22. The van der Waals surface area contributed by atoms with E-state index in [9.17, 15) is 0 Å². The topological polar surface area (TPSA) is 30.7 Å². The van der Waals surface area contributed by atoms with E-state index in [1.54, 1.807) is 10.9 Å². The average molecular weight is 222 g/mol. The summed E-state index contributed by atoms with van der Waals surface area (Å²) in [6.45, 7) is 4.30. The van der Waals surface area contributed by atoms with Crippen molar-refractivity contribution in [1.82, 2.24) is 14.8 Å². The van der Waals surface area contributed by atoms with Crippen molar-refractivity contribution in [3.63, 3.8) is 0 Å². The molecule has 1 aromatic heterocycles. The highest BCUT2D eigenvalue weighted by molar-refractivity contribution is 6.28. The van der Waals surface area contributed by atoms with E-state index in [-0.39, 0.29) is 0 Å². The van der Waals surface area contributed by atoms with Crippen LogP contribution in [-0.4, -0.2) is 14.8 Å². The monoisotopic (exact) mass is 221 g/mol. The molecule has 0 bridgehead atoms. The Morgan fingerprint density at radius 2 is 2.00 bits per heavy atom. The zero-order valence-corrected chi connectivity index (χ0v) is 9.44. The average Bonchev–Trinajstić information content (AvgIpc) is 2.64. The number of halogens is 1. The highest BCUT2D eigenvalue weighted by Crippen LogP contribution is 2.24. The van der Waals surface area contributed by atoms with E-state index in [0.29, 0.717) is 11.2 Å². The molecule has 0 unspecified atom stereocenters. The maximum Gasteiger partial charge on any atom is 0.229 e. The van der Waals surface area contributed by atoms with Crippen molar-refractivity contribution >= 4 is 11.6 Å². The Morgan fingerprint density at radius 3 is 2.60 bits per heavy atom. The maximum absolute atomic E-state index is 5.94. The van der Waals surface area contributed by atoms with Crippen LogP contribution in [0.1, 0.15) is 25.3 Å². The van der Waals surface area contributed by atoms with Gasteiger partial charge in [0.05, 0.1) is 5.69 Å². The molecular weight excluding hydrogens is 210 g/mol. The summed E-state index contributed by atoms with van der Waals surface area (Å²) in [6.07, 6.45) is 1.63. The van der Waals surface area contributed by atoms with Crippen molar-refractivity contribution in [3.8, 4) is 5.69 Å². The van der Waals surface area contributed by atoms with Crippen LogP contribution in [-0.2, 0) is 0 Å². The molecule has 0 N–H and O–H groups in total. The largest absolute Gasteiger partial charge is 0.272 e. The molecule has 0 aliphatic heterocycles. The fraction of sp³-hybridized carbons (Fsp3) is 0.273. The van der Waals surface area contributed by atoms with Gasteiger partial charge in [0.2, 0.25) is 5.28 Å². The lowest BCUT2D eigenvalue weighted by atomic mass is 10.0. The molecule has 1 aromatic carbocycles. The third-order valence-corrected chi connectivity index (χ3v) is 2.58. The van der Waals surface area contributed by atoms with Crippen molar-refractivity contribution in [2.45, 2.75) is 19.8 Å². The summed E-state index contributed by atoms with van der Waals surface area (Å²) in [5, 5.41) is 7.94. The van der Waals surface area contributed by atoms with E-state index >= 15 is 0 Å². The minimum atomic E-state index is 0.392. The number of benzene rings is 1. The van der Waals surface area contributed by atoms with Gasteiger partial charge in [0.25, 0.3) is 0 Å². The van der Waals surface area contributed by atoms with E-state index in [2.05, 4.69) is 30.1 Å². The molecule has 15 heavy (non-hydrogen) atoms. The number of hydrogen-bond donors (Lipinski definition) is 0. The Kier molecular flexibility index (Phi) is 2.73. The first-order chi connectivity index (χ1) is 7.20. The molecule has 0 saturated heterocycles. The van der Waals surface area contributed by atoms with Crippen LogP contribution in [0.15, 0.2) is 30.6 Å². The number of para-hydroxylation sites is 1. The Balaban J connectivity index is 2.58. The van der Waals surface area contributed by atoms with E-state index in [4.69, 9.17) is 11.6 Å². The smallest absolute Gasteiger partial charge is 0.229 e.